The summed E-state index contributed by atoms with van der Waals surface area (Å²) >= 11 is 3.35. The van der Waals surface area contributed by atoms with E-state index < -0.39 is 0 Å². The summed E-state index contributed by atoms with van der Waals surface area (Å²) in [7, 11) is 6.21. The first kappa shape index (κ1) is 14.8. The van der Waals surface area contributed by atoms with E-state index in [1.807, 2.05) is 0 Å². The largest absolute Gasteiger partial charge is 0.495 e. The summed E-state index contributed by atoms with van der Waals surface area (Å²) in [5.41, 5.74) is 0.362. The zero-order valence-corrected chi connectivity index (χ0v) is 12.4. The van der Waals surface area contributed by atoms with Gasteiger partial charge >= 0.3 is 0 Å². The van der Waals surface area contributed by atoms with E-state index in [-0.39, 0.29) is 12.3 Å². The maximum atomic E-state index is 12.1. The molecule has 100 valence electrons. The number of carbonyl (C=O) groups is 1. The minimum absolute atomic E-state index is 0.134. The third-order valence-corrected chi connectivity index (χ3v) is 2.99. The Kier molecular flexibility index (Phi) is 5.43. The predicted molar refractivity (Wildman–Crippen MR) is 72.1 cm³/mol. The highest BCUT2D eigenvalue weighted by Gasteiger charge is 2.24. The van der Waals surface area contributed by atoms with Crippen molar-refractivity contribution in [1.29, 1.82) is 0 Å². The zero-order chi connectivity index (χ0) is 13.7. The lowest BCUT2D eigenvalue weighted by atomic mass is 10.1. The lowest BCUT2D eigenvalue weighted by Gasteiger charge is -2.16. The van der Waals surface area contributed by atoms with Gasteiger partial charge < -0.3 is 19.5 Å². The monoisotopic (exact) mass is 317 g/mol. The van der Waals surface area contributed by atoms with Crippen molar-refractivity contribution in [3.8, 4) is 17.2 Å². The number of hydrogen-bond acceptors (Lipinski definition) is 5. The van der Waals surface area contributed by atoms with Gasteiger partial charge in [0.15, 0.2) is 17.3 Å². The van der Waals surface area contributed by atoms with Crippen LogP contribution >= 0.6 is 15.9 Å². The van der Waals surface area contributed by atoms with Crippen molar-refractivity contribution in [3.63, 3.8) is 0 Å². The lowest BCUT2D eigenvalue weighted by Crippen LogP contribution is -2.20. The Balaban J connectivity index is 3.50. The quantitative estimate of drug-likeness (QED) is 0.812. The summed E-state index contributed by atoms with van der Waals surface area (Å²) in [6, 6.07) is 1.70. The van der Waals surface area contributed by atoms with Crippen LogP contribution in [-0.4, -0.2) is 40.7 Å². The van der Waals surface area contributed by atoms with Crippen LogP contribution in [0.5, 0.6) is 17.2 Å². The van der Waals surface area contributed by atoms with Crippen LogP contribution in [0.3, 0.4) is 0 Å². The predicted octanol–water partition coefficient (Wildman–Crippen LogP) is 1.88. The van der Waals surface area contributed by atoms with Crippen molar-refractivity contribution in [2.24, 2.45) is 0 Å². The van der Waals surface area contributed by atoms with Crippen molar-refractivity contribution >= 4 is 21.7 Å². The van der Waals surface area contributed by atoms with Gasteiger partial charge in [-0.25, -0.2) is 0 Å². The second-order valence-corrected chi connectivity index (χ2v) is 4.31. The van der Waals surface area contributed by atoms with E-state index in [0.717, 1.165) is 0 Å². The number of hydrogen-bond donors (Lipinski definition) is 1. The van der Waals surface area contributed by atoms with Crippen LogP contribution in [0, 0.1) is 0 Å². The van der Waals surface area contributed by atoms with Gasteiger partial charge in [0.05, 0.1) is 32.3 Å². The van der Waals surface area contributed by atoms with Gasteiger partial charge in [0.1, 0.15) is 11.3 Å². The third kappa shape index (κ3) is 2.76. The Hall–Kier alpha value is -1.27. The number of Topliss-reactive ketones (excluding diaryl/α,β-unsaturated/α-hetero) is 1. The first-order valence-electron chi connectivity index (χ1n) is 5.26. The van der Waals surface area contributed by atoms with E-state index in [4.69, 9.17) is 14.2 Å². The van der Waals surface area contributed by atoms with Crippen LogP contribution in [0.1, 0.15) is 10.4 Å². The molecule has 0 saturated carbocycles. The maximum Gasteiger partial charge on any atom is 0.184 e. The van der Waals surface area contributed by atoms with Gasteiger partial charge in [-0.05, 0) is 23.0 Å². The van der Waals surface area contributed by atoms with Crippen molar-refractivity contribution in [3.05, 3.63) is 16.1 Å². The van der Waals surface area contributed by atoms with E-state index in [1.54, 1.807) is 13.1 Å². The number of rotatable bonds is 6. The molecule has 0 radical (unpaired) electrons. The SMILES string of the molecule is CNCC(=O)c1c(OC)c(Br)cc(OC)c1OC. The number of ether oxygens (including phenoxy) is 3. The van der Waals surface area contributed by atoms with Crippen LogP contribution < -0.4 is 19.5 Å². The molecule has 0 fully saturated rings. The van der Waals surface area contributed by atoms with Crippen LogP contribution in [-0.2, 0) is 0 Å². The summed E-state index contributed by atoms with van der Waals surface area (Å²) < 4.78 is 16.4. The van der Waals surface area contributed by atoms with Gasteiger partial charge in [-0.3, -0.25) is 4.79 Å². The number of benzene rings is 1. The highest BCUT2D eigenvalue weighted by atomic mass is 79.9. The second-order valence-electron chi connectivity index (χ2n) is 3.46. The first-order valence-corrected chi connectivity index (χ1v) is 6.06. The van der Waals surface area contributed by atoms with Crippen molar-refractivity contribution in [1.82, 2.24) is 5.32 Å². The minimum atomic E-state index is -0.134. The Morgan fingerprint density at radius 3 is 2.28 bits per heavy atom. The summed E-state index contributed by atoms with van der Waals surface area (Å²) in [5, 5.41) is 2.81. The fourth-order valence-corrected chi connectivity index (χ4v) is 2.22. The topological polar surface area (TPSA) is 56.8 Å². The summed E-state index contributed by atoms with van der Waals surface area (Å²) in [5.74, 6) is 1.15. The molecule has 0 aliphatic rings. The number of carbonyl (C=O) groups excluding carboxylic acids is 1. The molecular weight excluding hydrogens is 302 g/mol. The minimum Gasteiger partial charge on any atom is -0.495 e. The zero-order valence-electron chi connectivity index (χ0n) is 10.8. The van der Waals surface area contributed by atoms with Crippen LogP contribution in [0.15, 0.2) is 10.5 Å². The average molecular weight is 318 g/mol. The van der Waals surface area contributed by atoms with Gasteiger partial charge in [0.25, 0.3) is 0 Å². The summed E-state index contributed by atoms with van der Waals surface area (Å²) in [6.45, 7) is 0.187. The maximum absolute atomic E-state index is 12.1. The molecule has 0 saturated heterocycles. The van der Waals surface area contributed by atoms with Gasteiger partial charge in [0.2, 0.25) is 0 Å². The van der Waals surface area contributed by atoms with E-state index in [0.29, 0.717) is 27.3 Å². The van der Waals surface area contributed by atoms with E-state index in [1.165, 1.54) is 21.3 Å². The van der Waals surface area contributed by atoms with Gasteiger partial charge in [-0.1, -0.05) is 0 Å². The Labute approximate surface area is 115 Å². The molecule has 1 N–H and O–H groups in total. The second kappa shape index (κ2) is 6.61. The molecule has 0 heterocycles. The van der Waals surface area contributed by atoms with Crippen molar-refractivity contribution in [2.75, 3.05) is 34.9 Å². The smallest absolute Gasteiger partial charge is 0.184 e. The molecule has 6 heteroatoms. The molecule has 0 aromatic heterocycles. The number of ketones is 1. The lowest BCUT2D eigenvalue weighted by molar-refractivity contribution is 0.0986. The molecule has 0 unspecified atom stereocenters. The standard InChI is InChI=1S/C12H16BrNO4/c1-14-6-8(15)10-11(17-3)7(13)5-9(16-2)12(10)18-4/h5,14H,6H2,1-4H3. The molecule has 1 aromatic carbocycles. The average Bonchev–Trinajstić information content (AvgIpc) is 2.37. The molecule has 0 bridgehead atoms. The highest BCUT2D eigenvalue weighted by molar-refractivity contribution is 9.10. The molecule has 5 nitrogen and oxygen atoms in total. The first-order chi connectivity index (χ1) is 8.60. The fraction of sp³-hybridized carbons (Fsp3) is 0.417. The number of likely N-dealkylation sites (N-methyl/N-ethyl adjacent to an activating group) is 1. The molecule has 0 spiro atoms. The van der Waals surface area contributed by atoms with Crippen molar-refractivity contribution in [2.45, 2.75) is 0 Å². The van der Waals surface area contributed by atoms with E-state index >= 15 is 0 Å². The molecule has 0 atom stereocenters. The molecule has 0 aliphatic heterocycles. The number of nitrogens with one attached hydrogen (secondary N) is 1. The molecule has 1 aromatic rings. The Morgan fingerprint density at radius 1 is 1.22 bits per heavy atom. The van der Waals surface area contributed by atoms with Crippen LogP contribution in [0.2, 0.25) is 0 Å². The Morgan fingerprint density at radius 2 is 1.83 bits per heavy atom. The van der Waals surface area contributed by atoms with E-state index in [2.05, 4.69) is 21.2 Å². The van der Waals surface area contributed by atoms with Crippen LogP contribution in [0.25, 0.3) is 0 Å². The van der Waals surface area contributed by atoms with Gasteiger partial charge in [-0.15, -0.1) is 0 Å². The molecule has 0 amide bonds. The normalized spacial score (nSPS) is 10.1. The molecule has 1 rings (SSSR count). The fourth-order valence-electron chi connectivity index (χ4n) is 1.65. The van der Waals surface area contributed by atoms with Crippen LogP contribution in [0.4, 0.5) is 0 Å². The summed E-state index contributed by atoms with van der Waals surface area (Å²) in [6.07, 6.45) is 0. The number of methoxy groups -OCH3 is 3. The van der Waals surface area contributed by atoms with Gasteiger partial charge in [0, 0.05) is 6.07 Å². The summed E-state index contributed by atoms with van der Waals surface area (Å²) in [4.78, 5) is 12.1. The Bertz CT molecular complexity index is 448. The molecule has 0 aliphatic carbocycles. The van der Waals surface area contributed by atoms with Crippen molar-refractivity contribution < 1.29 is 19.0 Å². The number of halogens is 1. The van der Waals surface area contributed by atoms with E-state index in [9.17, 15) is 4.79 Å². The van der Waals surface area contributed by atoms with Gasteiger partial charge in [-0.2, -0.15) is 0 Å². The highest BCUT2D eigenvalue weighted by Crippen LogP contribution is 2.42. The molecular formula is C12H16BrNO4. The third-order valence-electron chi connectivity index (χ3n) is 2.40. The molecule has 18 heavy (non-hydrogen) atoms.